The van der Waals surface area contributed by atoms with Crippen molar-refractivity contribution in [2.24, 2.45) is 0 Å². The normalized spacial score (nSPS) is 15.1. The van der Waals surface area contributed by atoms with Gasteiger partial charge in [-0.25, -0.2) is 0 Å². The van der Waals surface area contributed by atoms with Gasteiger partial charge in [-0.05, 0) is 109 Å². The first kappa shape index (κ1) is 23.8. The zero-order chi connectivity index (χ0) is 22.0. The number of methoxy groups -OCH3 is 1. The van der Waals surface area contributed by atoms with Crippen LogP contribution in [0.1, 0.15) is 5.56 Å². The molecule has 0 saturated carbocycles. The number of imide groups is 1. The molecule has 2 aromatic rings. The first-order chi connectivity index (χ1) is 14.2. The Morgan fingerprint density at radius 2 is 2.03 bits per heavy atom. The van der Waals surface area contributed by atoms with Crippen molar-refractivity contribution >= 4 is 113 Å². The molecule has 3 amide bonds. The van der Waals surface area contributed by atoms with Crippen LogP contribution in [0.2, 0.25) is 5.02 Å². The molecular weight excluding hydrogens is 721 g/mol. The summed E-state index contributed by atoms with van der Waals surface area (Å²) in [6.07, 6.45) is 1.61. The van der Waals surface area contributed by atoms with Crippen LogP contribution in [-0.4, -0.2) is 35.6 Å². The topological polar surface area (TPSA) is 75.7 Å². The fourth-order valence-corrected chi connectivity index (χ4v) is 5.96. The highest BCUT2D eigenvalue weighted by Crippen LogP contribution is 2.36. The number of rotatable bonds is 5. The van der Waals surface area contributed by atoms with Crippen LogP contribution < -0.4 is 10.1 Å². The average Bonchev–Trinajstić information content (AvgIpc) is 2.92. The second-order valence-electron chi connectivity index (χ2n) is 5.96. The van der Waals surface area contributed by atoms with E-state index in [4.69, 9.17) is 16.3 Å². The number of nitrogens with zero attached hydrogens (tertiary/aromatic N) is 1. The number of halogens is 4. The summed E-state index contributed by atoms with van der Waals surface area (Å²) in [6.45, 7) is -0.392. The Labute approximate surface area is 217 Å². The van der Waals surface area contributed by atoms with Crippen LogP contribution in [0.5, 0.6) is 5.75 Å². The quantitative estimate of drug-likeness (QED) is 0.302. The maximum Gasteiger partial charge on any atom is 0.294 e. The first-order valence-corrected chi connectivity index (χ1v) is 12.4. The van der Waals surface area contributed by atoms with Crippen LogP contribution in [0, 0.1) is 7.14 Å². The van der Waals surface area contributed by atoms with Crippen LogP contribution in [0.15, 0.2) is 39.7 Å². The Hall–Kier alpha value is -0.830. The number of nitrogens with one attached hydrogen (secondary N) is 1. The molecule has 30 heavy (non-hydrogen) atoms. The lowest BCUT2D eigenvalue weighted by atomic mass is 10.2. The van der Waals surface area contributed by atoms with E-state index in [0.29, 0.717) is 26.5 Å². The third-order valence-electron chi connectivity index (χ3n) is 3.91. The SMILES string of the molecule is COc1c(I)cc(I)cc1/C=C1/SC(=O)N(CC(=O)Nc2ccc(Br)c(Cl)c2)C1=O. The van der Waals surface area contributed by atoms with Crippen molar-refractivity contribution in [3.8, 4) is 5.75 Å². The number of thioether (sulfide) groups is 1. The molecule has 1 heterocycles. The second kappa shape index (κ2) is 10.2. The van der Waals surface area contributed by atoms with Crippen molar-refractivity contribution in [2.45, 2.75) is 0 Å². The molecule has 0 radical (unpaired) electrons. The molecule has 0 bridgehead atoms. The maximum atomic E-state index is 12.7. The predicted octanol–water partition coefficient (Wildman–Crippen LogP) is 6.00. The van der Waals surface area contributed by atoms with Gasteiger partial charge < -0.3 is 10.1 Å². The van der Waals surface area contributed by atoms with Crippen molar-refractivity contribution in [3.05, 3.63) is 57.4 Å². The van der Waals surface area contributed by atoms with Crippen molar-refractivity contribution in [1.29, 1.82) is 0 Å². The summed E-state index contributed by atoms with van der Waals surface area (Å²) in [7, 11) is 1.55. The molecule has 6 nitrogen and oxygen atoms in total. The Balaban J connectivity index is 1.77. The number of ether oxygens (including phenoxy) is 1. The highest BCUT2D eigenvalue weighted by molar-refractivity contribution is 14.1. The summed E-state index contributed by atoms with van der Waals surface area (Å²) in [6, 6.07) is 8.73. The monoisotopic (exact) mass is 732 g/mol. The summed E-state index contributed by atoms with van der Waals surface area (Å²) >= 11 is 14.4. The lowest BCUT2D eigenvalue weighted by molar-refractivity contribution is -0.127. The molecule has 0 aliphatic carbocycles. The Morgan fingerprint density at radius 1 is 1.30 bits per heavy atom. The van der Waals surface area contributed by atoms with Gasteiger partial charge in [0.05, 0.1) is 20.6 Å². The molecule has 1 saturated heterocycles. The van der Waals surface area contributed by atoms with E-state index in [9.17, 15) is 14.4 Å². The summed E-state index contributed by atoms with van der Waals surface area (Å²) in [5.74, 6) is -0.407. The van der Waals surface area contributed by atoms with E-state index in [0.717, 1.165) is 23.8 Å². The summed E-state index contributed by atoms with van der Waals surface area (Å²) < 4.78 is 7.98. The Kier molecular flexibility index (Phi) is 8.09. The van der Waals surface area contributed by atoms with Gasteiger partial charge in [-0.1, -0.05) is 11.6 Å². The van der Waals surface area contributed by atoms with Gasteiger partial charge in [0.25, 0.3) is 11.1 Å². The Morgan fingerprint density at radius 3 is 2.70 bits per heavy atom. The van der Waals surface area contributed by atoms with Gasteiger partial charge in [-0.15, -0.1) is 0 Å². The number of carbonyl (C=O) groups excluding carboxylic acids is 3. The highest BCUT2D eigenvalue weighted by atomic mass is 127. The summed E-state index contributed by atoms with van der Waals surface area (Å²) in [5.41, 5.74) is 1.15. The van der Waals surface area contributed by atoms with Gasteiger partial charge in [0.2, 0.25) is 5.91 Å². The van der Waals surface area contributed by atoms with Crippen LogP contribution in [0.4, 0.5) is 10.5 Å². The van der Waals surface area contributed by atoms with Crippen LogP contribution in [0.25, 0.3) is 6.08 Å². The number of anilines is 1. The molecule has 1 N–H and O–H groups in total. The second-order valence-corrected chi connectivity index (χ2v) is 10.6. The van der Waals surface area contributed by atoms with Crippen LogP contribution in [0.3, 0.4) is 0 Å². The molecule has 3 rings (SSSR count). The fraction of sp³-hybridized carbons (Fsp3) is 0.105. The molecule has 2 aromatic carbocycles. The smallest absolute Gasteiger partial charge is 0.294 e. The minimum Gasteiger partial charge on any atom is -0.495 e. The van der Waals surface area contributed by atoms with Crippen LogP contribution in [-0.2, 0) is 9.59 Å². The zero-order valence-corrected chi connectivity index (χ0v) is 22.6. The van der Waals surface area contributed by atoms with E-state index >= 15 is 0 Å². The number of carbonyl (C=O) groups is 3. The van der Waals surface area contributed by atoms with Gasteiger partial charge in [0, 0.05) is 19.3 Å². The third kappa shape index (κ3) is 5.50. The summed E-state index contributed by atoms with van der Waals surface area (Å²) in [5, 5.41) is 2.56. The minimum absolute atomic E-state index is 0.232. The van der Waals surface area contributed by atoms with Crippen molar-refractivity contribution < 1.29 is 19.1 Å². The molecule has 156 valence electrons. The van der Waals surface area contributed by atoms with E-state index in [1.165, 1.54) is 0 Å². The van der Waals surface area contributed by atoms with E-state index in [2.05, 4.69) is 66.4 Å². The van der Waals surface area contributed by atoms with Gasteiger partial charge >= 0.3 is 0 Å². The average molecular weight is 734 g/mol. The molecule has 11 heteroatoms. The molecule has 1 aliphatic heterocycles. The van der Waals surface area contributed by atoms with E-state index in [-0.39, 0.29) is 4.91 Å². The minimum atomic E-state index is -0.523. The van der Waals surface area contributed by atoms with Crippen molar-refractivity contribution in [1.82, 2.24) is 4.90 Å². The van der Waals surface area contributed by atoms with Gasteiger partial charge in [-0.2, -0.15) is 0 Å². The molecule has 1 fully saturated rings. The molecule has 0 unspecified atom stereocenters. The van der Waals surface area contributed by atoms with E-state index < -0.39 is 23.6 Å². The molecular formula is C19H12BrClI2N2O4S. The Bertz CT molecular complexity index is 1100. The van der Waals surface area contributed by atoms with Crippen LogP contribution >= 0.6 is 84.5 Å². The van der Waals surface area contributed by atoms with E-state index in [1.807, 2.05) is 12.1 Å². The largest absolute Gasteiger partial charge is 0.495 e. The van der Waals surface area contributed by atoms with Crippen molar-refractivity contribution in [3.63, 3.8) is 0 Å². The van der Waals surface area contributed by atoms with Gasteiger partial charge in [0.15, 0.2) is 0 Å². The number of hydrogen-bond acceptors (Lipinski definition) is 5. The zero-order valence-electron chi connectivity index (χ0n) is 15.2. The van der Waals surface area contributed by atoms with Gasteiger partial charge in [-0.3, -0.25) is 19.3 Å². The predicted molar refractivity (Wildman–Crippen MR) is 139 cm³/mol. The molecule has 0 spiro atoms. The number of amides is 3. The maximum absolute atomic E-state index is 12.7. The number of benzene rings is 2. The molecule has 1 aliphatic rings. The highest BCUT2D eigenvalue weighted by Gasteiger charge is 2.36. The lowest BCUT2D eigenvalue weighted by Gasteiger charge is -2.13. The number of hydrogen-bond donors (Lipinski definition) is 1. The van der Waals surface area contributed by atoms with E-state index in [1.54, 1.807) is 31.4 Å². The molecule has 0 aromatic heterocycles. The first-order valence-electron chi connectivity index (χ1n) is 8.23. The summed E-state index contributed by atoms with van der Waals surface area (Å²) in [4.78, 5) is 38.6. The fourth-order valence-electron chi connectivity index (χ4n) is 2.60. The van der Waals surface area contributed by atoms with Crippen molar-refractivity contribution in [2.75, 3.05) is 19.0 Å². The standard InChI is InChI=1S/C19H12BrClI2N2O4S/c1-29-17-9(4-10(22)6-14(17)23)5-15-18(27)25(19(28)30-15)8-16(26)24-11-2-3-12(20)13(21)7-11/h2-7H,8H2,1H3,(H,24,26)/b15-5+. The molecule has 0 atom stereocenters. The third-order valence-corrected chi connectivity index (χ3v) is 7.47. The lowest BCUT2D eigenvalue weighted by Crippen LogP contribution is -2.36. The van der Waals surface area contributed by atoms with Gasteiger partial charge in [0.1, 0.15) is 12.3 Å².